The van der Waals surface area contributed by atoms with E-state index < -0.39 is 0 Å². The summed E-state index contributed by atoms with van der Waals surface area (Å²) in [5, 5.41) is 4.60. The van der Waals surface area contributed by atoms with Gasteiger partial charge in [-0.25, -0.2) is 0 Å². The highest BCUT2D eigenvalue weighted by molar-refractivity contribution is 5.01. The fraction of sp³-hybridized carbons (Fsp3) is 0.786. The maximum Gasteiger partial charge on any atom is 0.0764 e. The first kappa shape index (κ1) is 15.2. The summed E-state index contributed by atoms with van der Waals surface area (Å²) in [6, 6.07) is 2.52. The van der Waals surface area contributed by atoms with E-state index in [1.807, 2.05) is 4.68 Å². The number of rotatable bonds is 7. The average molecular weight is 252 g/mol. The van der Waals surface area contributed by atoms with E-state index in [0.29, 0.717) is 12.6 Å². The molecule has 0 amide bonds. The summed E-state index contributed by atoms with van der Waals surface area (Å²) >= 11 is 0. The van der Waals surface area contributed by atoms with Gasteiger partial charge in [0.05, 0.1) is 5.69 Å². The molecule has 0 unspecified atom stereocenters. The molecular formula is C14H28N4. The molecule has 4 nitrogen and oxygen atoms in total. The summed E-state index contributed by atoms with van der Waals surface area (Å²) < 4.78 is 2.01. The normalized spacial score (nSPS) is 12.7. The molecule has 1 aromatic heterocycles. The van der Waals surface area contributed by atoms with Gasteiger partial charge in [-0.05, 0) is 39.8 Å². The third kappa shape index (κ3) is 3.12. The minimum atomic E-state index is 0.0988. The SMILES string of the molecule is CCC(CC)(CN)N(C)Cc1ccn(C(C)C)n1. The molecule has 0 aromatic carbocycles. The van der Waals surface area contributed by atoms with Crippen molar-refractivity contribution >= 4 is 0 Å². The van der Waals surface area contributed by atoms with Crippen molar-refractivity contribution in [1.29, 1.82) is 0 Å². The third-order valence-corrected chi connectivity index (χ3v) is 4.10. The van der Waals surface area contributed by atoms with Crippen molar-refractivity contribution in [2.24, 2.45) is 5.73 Å². The van der Waals surface area contributed by atoms with Gasteiger partial charge in [-0.1, -0.05) is 13.8 Å². The van der Waals surface area contributed by atoms with Crippen molar-refractivity contribution in [2.75, 3.05) is 13.6 Å². The van der Waals surface area contributed by atoms with Crippen LogP contribution in [0.2, 0.25) is 0 Å². The van der Waals surface area contributed by atoms with E-state index in [1.165, 1.54) is 0 Å². The summed E-state index contributed by atoms with van der Waals surface area (Å²) in [6.07, 6.45) is 4.19. The highest BCUT2D eigenvalue weighted by Gasteiger charge is 2.29. The van der Waals surface area contributed by atoms with E-state index in [4.69, 9.17) is 5.73 Å². The maximum atomic E-state index is 5.97. The molecule has 18 heavy (non-hydrogen) atoms. The van der Waals surface area contributed by atoms with Crippen molar-refractivity contribution in [3.63, 3.8) is 0 Å². The molecule has 0 spiro atoms. The zero-order chi connectivity index (χ0) is 13.8. The first-order valence-corrected chi connectivity index (χ1v) is 6.94. The minimum absolute atomic E-state index is 0.0988. The Morgan fingerprint density at radius 2 is 2.00 bits per heavy atom. The Balaban J connectivity index is 2.76. The van der Waals surface area contributed by atoms with Crippen molar-refractivity contribution in [1.82, 2.24) is 14.7 Å². The van der Waals surface area contributed by atoms with Gasteiger partial charge in [0, 0.05) is 30.9 Å². The second-order valence-corrected chi connectivity index (χ2v) is 5.37. The average Bonchev–Trinajstić information content (AvgIpc) is 2.81. The Hall–Kier alpha value is -0.870. The van der Waals surface area contributed by atoms with Crippen LogP contribution in [0.4, 0.5) is 0 Å². The molecule has 104 valence electrons. The molecule has 0 radical (unpaired) electrons. The second kappa shape index (κ2) is 6.34. The molecule has 4 heteroatoms. The molecule has 0 aliphatic heterocycles. The zero-order valence-electron chi connectivity index (χ0n) is 12.5. The molecule has 0 bridgehead atoms. The van der Waals surface area contributed by atoms with Crippen LogP contribution in [0.15, 0.2) is 12.3 Å². The second-order valence-electron chi connectivity index (χ2n) is 5.37. The summed E-state index contributed by atoms with van der Waals surface area (Å²) in [6.45, 7) is 10.3. The third-order valence-electron chi connectivity index (χ3n) is 4.10. The number of hydrogen-bond donors (Lipinski definition) is 1. The van der Waals surface area contributed by atoms with Gasteiger partial charge in [0.15, 0.2) is 0 Å². The summed E-state index contributed by atoms with van der Waals surface area (Å²) in [7, 11) is 2.15. The van der Waals surface area contributed by atoms with E-state index in [1.54, 1.807) is 0 Å². The van der Waals surface area contributed by atoms with Gasteiger partial charge in [-0.2, -0.15) is 5.10 Å². The van der Waals surface area contributed by atoms with Crippen LogP contribution in [0, 0.1) is 0 Å². The smallest absolute Gasteiger partial charge is 0.0764 e. The number of aromatic nitrogens is 2. The molecule has 0 aliphatic carbocycles. The lowest BCUT2D eigenvalue weighted by Gasteiger charge is -2.39. The highest BCUT2D eigenvalue weighted by Crippen LogP contribution is 2.23. The largest absolute Gasteiger partial charge is 0.329 e. The van der Waals surface area contributed by atoms with Crippen molar-refractivity contribution < 1.29 is 0 Å². The van der Waals surface area contributed by atoms with Crippen molar-refractivity contribution in [3.05, 3.63) is 18.0 Å². The zero-order valence-corrected chi connectivity index (χ0v) is 12.5. The lowest BCUT2D eigenvalue weighted by molar-refractivity contribution is 0.106. The minimum Gasteiger partial charge on any atom is -0.329 e. The van der Waals surface area contributed by atoms with Crippen molar-refractivity contribution in [2.45, 2.75) is 58.7 Å². The molecule has 0 fully saturated rings. The van der Waals surface area contributed by atoms with E-state index in [0.717, 1.165) is 25.1 Å². The van der Waals surface area contributed by atoms with Crippen LogP contribution in [0.1, 0.15) is 52.3 Å². The Morgan fingerprint density at radius 1 is 1.39 bits per heavy atom. The van der Waals surface area contributed by atoms with Gasteiger partial charge >= 0.3 is 0 Å². The lowest BCUT2D eigenvalue weighted by Crippen LogP contribution is -2.50. The molecule has 2 N–H and O–H groups in total. The predicted octanol–water partition coefficient (Wildman–Crippen LogP) is 2.41. The molecule has 1 rings (SSSR count). The Bertz CT molecular complexity index is 344. The highest BCUT2D eigenvalue weighted by atomic mass is 15.3. The first-order valence-electron chi connectivity index (χ1n) is 6.94. The predicted molar refractivity (Wildman–Crippen MR) is 76.4 cm³/mol. The summed E-state index contributed by atoms with van der Waals surface area (Å²) in [5.41, 5.74) is 7.18. The molecule has 0 saturated heterocycles. The summed E-state index contributed by atoms with van der Waals surface area (Å²) in [5.74, 6) is 0. The fourth-order valence-electron chi connectivity index (χ4n) is 2.39. The molecule has 1 aromatic rings. The quantitative estimate of drug-likeness (QED) is 0.810. The maximum absolute atomic E-state index is 5.97. The summed E-state index contributed by atoms with van der Waals surface area (Å²) in [4.78, 5) is 2.35. The number of hydrogen-bond acceptors (Lipinski definition) is 3. The molecule has 0 saturated carbocycles. The lowest BCUT2D eigenvalue weighted by atomic mass is 9.91. The van der Waals surface area contributed by atoms with Gasteiger partial charge in [0.25, 0.3) is 0 Å². The van der Waals surface area contributed by atoms with Crippen LogP contribution in [0.25, 0.3) is 0 Å². The number of nitrogens with zero attached hydrogens (tertiary/aromatic N) is 3. The van der Waals surface area contributed by atoms with E-state index in [2.05, 4.69) is 57.0 Å². The van der Waals surface area contributed by atoms with Crippen molar-refractivity contribution in [3.8, 4) is 0 Å². The molecule has 0 atom stereocenters. The van der Waals surface area contributed by atoms with Crippen LogP contribution >= 0.6 is 0 Å². The Kier molecular flexibility index (Phi) is 5.35. The van der Waals surface area contributed by atoms with Gasteiger partial charge in [-0.3, -0.25) is 9.58 Å². The monoisotopic (exact) mass is 252 g/mol. The Morgan fingerprint density at radius 3 is 2.39 bits per heavy atom. The molecular weight excluding hydrogens is 224 g/mol. The van der Waals surface area contributed by atoms with Gasteiger partial charge in [-0.15, -0.1) is 0 Å². The van der Waals surface area contributed by atoms with E-state index >= 15 is 0 Å². The van der Waals surface area contributed by atoms with Crippen LogP contribution in [0.5, 0.6) is 0 Å². The van der Waals surface area contributed by atoms with Crippen LogP contribution < -0.4 is 5.73 Å². The van der Waals surface area contributed by atoms with E-state index in [9.17, 15) is 0 Å². The number of likely N-dealkylation sites (N-methyl/N-ethyl adjacent to an activating group) is 1. The first-order chi connectivity index (χ1) is 8.49. The Labute approximate surface area is 111 Å². The number of nitrogens with two attached hydrogens (primary N) is 1. The van der Waals surface area contributed by atoms with Gasteiger partial charge in [0.2, 0.25) is 0 Å². The van der Waals surface area contributed by atoms with Gasteiger partial charge < -0.3 is 5.73 Å². The molecule has 0 aliphatic rings. The molecule has 1 heterocycles. The topological polar surface area (TPSA) is 47.1 Å². The standard InChI is InChI=1S/C14H28N4/c1-6-14(7-2,11-15)17(5)10-13-8-9-18(16-13)12(3)4/h8-9,12H,6-7,10-11,15H2,1-5H3. The van der Waals surface area contributed by atoms with Gasteiger partial charge in [0.1, 0.15) is 0 Å². The fourth-order valence-corrected chi connectivity index (χ4v) is 2.39. The van der Waals surface area contributed by atoms with Crippen LogP contribution in [-0.2, 0) is 6.54 Å². The van der Waals surface area contributed by atoms with Crippen LogP contribution in [0.3, 0.4) is 0 Å². The van der Waals surface area contributed by atoms with Crippen LogP contribution in [-0.4, -0.2) is 33.8 Å². The van der Waals surface area contributed by atoms with E-state index in [-0.39, 0.29) is 5.54 Å².